The molecule has 1 heterocycles. The molecule has 0 aliphatic rings. The summed E-state index contributed by atoms with van der Waals surface area (Å²) in [6.07, 6.45) is 0. The smallest absolute Gasteiger partial charge is 0.138 e. The topological polar surface area (TPSA) is 61.3 Å². The van der Waals surface area contributed by atoms with E-state index in [-0.39, 0.29) is 0 Å². The molecule has 3 aromatic rings. The molecular weight excluding hydrogens is 238 g/mol. The normalized spacial score (nSPS) is 11.9. The van der Waals surface area contributed by atoms with Crippen molar-refractivity contribution in [2.45, 2.75) is 6.92 Å². The number of fused-ring (bicyclic) bond motifs is 1. The zero-order valence-corrected chi connectivity index (χ0v) is 10.5. The van der Waals surface area contributed by atoms with Gasteiger partial charge in [-0.25, -0.2) is 4.98 Å². The molecule has 0 aliphatic carbocycles. The molecule has 0 fully saturated rings. The summed E-state index contributed by atoms with van der Waals surface area (Å²) in [7, 11) is 0. The van der Waals surface area contributed by atoms with Crippen molar-refractivity contribution < 1.29 is 5.21 Å². The lowest BCUT2D eigenvalue weighted by Gasteiger charge is -1.97. The van der Waals surface area contributed by atoms with Crippen LogP contribution in [0.3, 0.4) is 0 Å². The SMILES string of the molecule is C/C(=N/O)c1ccc2nc(-c3ccccc3)[nH]c2c1. The van der Waals surface area contributed by atoms with E-state index in [1.165, 1.54) is 0 Å². The molecule has 0 spiro atoms. The summed E-state index contributed by atoms with van der Waals surface area (Å²) >= 11 is 0. The van der Waals surface area contributed by atoms with Gasteiger partial charge in [-0.3, -0.25) is 0 Å². The Bertz CT molecular complexity index is 744. The number of benzene rings is 2. The first-order chi connectivity index (χ1) is 9.28. The monoisotopic (exact) mass is 251 g/mol. The first-order valence-electron chi connectivity index (χ1n) is 6.02. The summed E-state index contributed by atoms with van der Waals surface area (Å²) < 4.78 is 0. The van der Waals surface area contributed by atoms with E-state index in [4.69, 9.17) is 5.21 Å². The second-order valence-electron chi connectivity index (χ2n) is 4.37. The Morgan fingerprint density at radius 1 is 1.16 bits per heavy atom. The van der Waals surface area contributed by atoms with Crippen LogP contribution in [0.1, 0.15) is 12.5 Å². The van der Waals surface area contributed by atoms with Gasteiger partial charge in [0, 0.05) is 11.1 Å². The van der Waals surface area contributed by atoms with Crippen molar-refractivity contribution in [2.24, 2.45) is 5.16 Å². The van der Waals surface area contributed by atoms with Crippen molar-refractivity contribution in [3.63, 3.8) is 0 Å². The number of oxime groups is 1. The van der Waals surface area contributed by atoms with Crippen LogP contribution in [0.2, 0.25) is 0 Å². The van der Waals surface area contributed by atoms with Crippen LogP contribution in [0.15, 0.2) is 53.7 Å². The van der Waals surface area contributed by atoms with E-state index in [0.29, 0.717) is 5.71 Å². The molecule has 94 valence electrons. The maximum atomic E-state index is 8.81. The molecule has 4 heteroatoms. The Kier molecular flexibility index (Phi) is 2.76. The zero-order chi connectivity index (χ0) is 13.2. The molecule has 3 rings (SSSR count). The highest BCUT2D eigenvalue weighted by Gasteiger charge is 2.06. The minimum Gasteiger partial charge on any atom is -0.411 e. The maximum absolute atomic E-state index is 8.81. The zero-order valence-electron chi connectivity index (χ0n) is 10.5. The van der Waals surface area contributed by atoms with Crippen LogP contribution in [0.25, 0.3) is 22.4 Å². The van der Waals surface area contributed by atoms with E-state index in [2.05, 4.69) is 15.1 Å². The number of nitrogens with one attached hydrogen (secondary N) is 1. The number of nitrogens with zero attached hydrogens (tertiary/aromatic N) is 2. The fraction of sp³-hybridized carbons (Fsp3) is 0.0667. The van der Waals surface area contributed by atoms with Crippen molar-refractivity contribution in [2.75, 3.05) is 0 Å². The molecule has 0 radical (unpaired) electrons. The first-order valence-corrected chi connectivity index (χ1v) is 6.02. The van der Waals surface area contributed by atoms with Gasteiger partial charge in [-0.05, 0) is 19.1 Å². The molecule has 19 heavy (non-hydrogen) atoms. The van der Waals surface area contributed by atoms with Gasteiger partial charge in [-0.1, -0.05) is 41.6 Å². The molecule has 0 amide bonds. The van der Waals surface area contributed by atoms with Gasteiger partial charge in [-0.2, -0.15) is 0 Å². The number of aromatic amines is 1. The minimum absolute atomic E-state index is 0.581. The molecule has 0 bridgehead atoms. The molecular formula is C15H13N3O. The van der Waals surface area contributed by atoms with E-state index >= 15 is 0 Å². The predicted molar refractivity (Wildman–Crippen MR) is 75.5 cm³/mol. The summed E-state index contributed by atoms with van der Waals surface area (Å²) in [5.74, 6) is 0.839. The lowest BCUT2D eigenvalue weighted by atomic mass is 10.1. The number of imidazole rings is 1. The summed E-state index contributed by atoms with van der Waals surface area (Å²) in [6.45, 7) is 1.76. The van der Waals surface area contributed by atoms with Crippen molar-refractivity contribution in [1.82, 2.24) is 9.97 Å². The van der Waals surface area contributed by atoms with Crippen molar-refractivity contribution in [1.29, 1.82) is 0 Å². The summed E-state index contributed by atoms with van der Waals surface area (Å²) in [4.78, 5) is 7.83. The number of rotatable bonds is 2. The quantitative estimate of drug-likeness (QED) is 0.416. The average Bonchev–Trinajstić information content (AvgIpc) is 2.90. The highest BCUT2D eigenvalue weighted by molar-refractivity contribution is 6.00. The van der Waals surface area contributed by atoms with Crippen LogP contribution in [-0.4, -0.2) is 20.9 Å². The van der Waals surface area contributed by atoms with Crippen LogP contribution >= 0.6 is 0 Å². The Labute approximate surface area is 110 Å². The summed E-state index contributed by atoms with van der Waals surface area (Å²) in [5, 5.41) is 12.0. The van der Waals surface area contributed by atoms with Gasteiger partial charge in [0.05, 0.1) is 16.7 Å². The van der Waals surface area contributed by atoms with Gasteiger partial charge in [0.25, 0.3) is 0 Å². The molecule has 0 saturated heterocycles. The Morgan fingerprint density at radius 2 is 1.95 bits per heavy atom. The van der Waals surface area contributed by atoms with E-state index in [1.54, 1.807) is 6.92 Å². The van der Waals surface area contributed by atoms with E-state index in [9.17, 15) is 0 Å². The van der Waals surface area contributed by atoms with E-state index < -0.39 is 0 Å². The Hall–Kier alpha value is -2.62. The molecule has 2 N–H and O–H groups in total. The van der Waals surface area contributed by atoms with E-state index in [0.717, 1.165) is 28.0 Å². The number of hydrogen-bond donors (Lipinski definition) is 2. The van der Waals surface area contributed by atoms with Crippen molar-refractivity contribution >= 4 is 16.7 Å². The van der Waals surface area contributed by atoms with Crippen LogP contribution < -0.4 is 0 Å². The number of hydrogen-bond acceptors (Lipinski definition) is 3. The summed E-state index contributed by atoms with van der Waals surface area (Å²) in [6, 6.07) is 15.7. The maximum Gasteiger partial charge on any atom is 0.138 e. The third kappa shape index (κ3) is 2.08. The number of H-pyrrole nitrogens is 1. The molecule has 0 aliphatic heterocycles. The molecule has 0 atom stereocenters. The average molecular weight is 251 g/mol. The van der Waals surface area contributed by atoms with Crippen molar-refractivity contribution in [3.05, 3.63) is 54.1 Å². The van der Waals surface area contributed by atoms with Crippen LogP contribution in [0, 0.1) is 0 Å². The largest absolute Gasteiger partial charge is 0.411 e. The van der Waals surface area contributed by atoms with Gasteiger partial charge >= 0.3 is 0 Å². The van der Waals surface area contributed by atoms with Crippen LogP contribution in [0.4, 0.5) is 0 Å². The third-order valence-electron chi connectivity index (χ3n) is 3.10. The van der Waals surface area contributed by atoms with Gasteiger partial charge < -0.3 is 10.2 Å². The van der Waals surface area contributed by atoms with E-state index in [1.807, 2.05) is 48.5 Å². The minimum atomic E-state index is 0.581. The fourth-order valence-corrected chi connectivity index (χ4v) is 2.03. The fourth-order valence-electron chi connectivity index (χ4n) is 2.03. The second kappa shape index (κ2) is 4.57. The highest BCUT2D eigenvalue weighted by Crippen LogP contribution is 2.21. The second-order valence-corrected chi connectivity index (χ2v) is 4.37. The van der Waals surface area contributed by atoms with Gasteiger partial charge in [-0.15, -0.1) is 0 Å². The Balaban J connectivity index is 2.11. The molecule has 4 nitrogen and oxygen atoms in total. The first kappa shape index (κ1) is 11.5. The predicted octanol–water partition coefficient (Wildman–Crippen LogP) is 3.43. The Morgan fingerprint density at radius 3 is 2.68 bits per heavy atom. The van der Waals surface area contributed by atoms with Gasteiger partial charge in [0.1, 0.15) is 5.82 Å². The lowest BCUT2D eigenvalue weighted by Crippen LogP contribution is -1.93. The van der Waals surface area contributed by atoms with Gasteiger partial charge in [0.2, 0.25) is 0 Å². The van der Waals surface area contributed by atoms with Crippen LogP contribution in [0.5, 0.6) is 0 Å². The highest BCUT2D eigenvalue weighted by atomic mass is 16.4. The molecule has 1 aromatic heterocycles. The number of aromatic nitrogens is 2. The standard InChI is InChI=1S/C15H13N3O/c1-10(18-19)12-7-8-13-14(9-12)17-15(16-13)11-5-3-2-4-6-11/h2-9,19H,1H3,(H,16,17)/b18-10-. The lowest BCUT2D eigenvalue weighted by molar-refractivity contribution is 0.319. The van der Waals surface area contributed by atoms with Crippen molar-refractivity contribution in [3.8, 4) is 11.4 Å². The third-order valence-corrected chi connectivity index (χ3v) is 3.10. The van der Waals surface area contributed by atoms with Crippen LogP contribution in [-0.2, 0) is 0 Å². The molecule has 0 saturated carbocycles. The molecule has 0 unspecified atom stereocenters. The molecule has 2 aromatic carbocycles. The summed E-state index contributed by atoms with van der Waals surface area (Å²) in [5.41, 5.74) is 4.33. The van der Waals surface area contributed by atoms with Gasteiger partial charge in [0.15, 0.2) is 0 Å².